The molecular formula is C30H32ClN5O2S. The van der Waals surface area contributed by atoms with Crippen LogP contribution >= 0.6 is 23.8 Å². The molecule has 0 saturated carbocycles. The summed E-state index contributed by atoms with van der Waals surface area (Å²) in [7, 11) is 3.66. The zero-order valence-electron chi connectivity index (χ0n) is 22.9. The summed E-state index contributed by atoms with van der Waals surface area (Å²) in [5, 5.41) is 7.53. The lowest BCUT2D eigenvalue weighted by Crippen LogP contribution is -2.42. The van der Waals surface area contributed by atoms with Crippen LogP contribution in [0.1, 0.15) is 56.6 Å². The van der Waals surface area contributed by atoms with E-state index in [-0.39, 0.29) is 23.5 Å². The number of halogens is 1. The van der Waals surface area contributed by atoms with E-state index in [1.54, 1.807) is 13.3 Å². The minimum Gasteiger partial charge on any atom is -0.495 e. The van der Waals surface area contributed by atoms with Gasteiger partial charge >= 0.3 is 0 Å². The van der Waals surface area contributed by atoms with Gasteiger partial charge in [-0.15, -0.1) is 0 Å². The number of aromatic nitrogens is 1. The number of anilines is 3. The quantitative estimate of drug-likeness (QED) is 0.344. The smallest absolute Gasteiger partial charge is 0.221 e. The SMILES string of the molecule is COc1ccc(N2C(=S)N[C@@H](c3ccccn3)[C@H]2c2cc3c(cc2Cl)N(C)C(C)(C)C=C3C)cc1NC(C)=O. The number of amides is 1. The molecule has 2 aromatic carbocycles. The van der Waals surface area contributed by atoms with E-state index in [0.717, 1.165) is 28.2 Å². The predicted molar refractivity (Wildman–Crippen MR) is 163 cm³/mol. The Labute approximate surface area is 239 Å². The zero-order chi connectivity index (χ0) is 28.1. The van der Waals surface area contributed by atoms with Crippen LogP contribution in [0.2, 0.25) is 5.02 Å². The molecule has 2 N–H and O–H groups in total. The molecule has 3 aromatic rings. The summed E-state index contributed by atoms with van der Waals surface area (Å²) >= 11 is 13.0. The maximum absolute atomic E-state index is 11.9. The second kappa shape index (κ2) is 10.2. The zero-order valence-corrected chi connectivity index (χ0v) is 24.4. The molecule has 1 saturated heterocycles. The molecule has 39 heavy (non-hydrogen) atoms. The normalized spacial score (nSPS) is 19.8. The van der Waals surface area contributed by atoms with E-state index in [1.807, 2.05) is 41.3 Å². The highest BCUT2D eigenvalue weighted by atomic mass is 35.5. The second-order valence-electron chi connectivity index (χ2n) is 10.5. The third-order valence-corrected chi connectivity index (χ3v) is 8.17. The summed E-state index contributed by atoms with van der Waals surface area (Å²) in [5.74, 6) is 0.366. The van der Waals surface area contributed by atoms with Gasteiger partial charge in [0.2, 0.25) is 5.91 Å². The van der Waals surface area contributed by atoms with Crippen LogP contribution in [0, 0.1) is 0 Å². The second-order valence-corrected chi connectivity index (χ2v) is 11.3. The predicted octanol–water partition coefficient (Wildman–Crippen LogP) is 6.51. The first-order chi connectivity index (χ1) is 18.5. The van der Waals surface area contributed by atoms with Crippen molar-refractivity contribution in [2.45, 2.75) is 45.3 Å². The largest absolute Gasteiger partial charge is 0.495 e. The molecule has 0 radical (unpaired) electrons. The number of fused-ring (bicyclic) bond motifs is 1. The van der Waals surface area contributed by atoms with Gasteiger partial charge in [-0.2, -0.15) is 0 Å². The summed E-state index contributed by atoms with van der Waals surface area (Å²) in [5.41, 5.74) is 6.40. The summed E-state index contributed by atoms with van der Waals surface area (Å²) in [6, 6.07) is 15.1. The lowest BCUT2D eigenvalue weighted by molar-refractivity contribution is -0.114. The van der Waals surface area contributed by atoms with Crippen LogP contribution in [-0.2, 0) is 4.79 Å². The Morgan fingerprint density at radius 1 is 1.21 bits per heavy atom. The molecule has 2 atom stereocenters. The van der Waals surface area contributed by atoms with Crippen molar-refractivity contribution in [1.82, 2.24) is 10.3 Å². The van der Waals surface area contributed by atoms with Crippen molar-refractivity contribution in [3.05, 3.63) is 82.6 Å². The Balaban J connectivity index is 1.70. The fourth-order valence-corrected chi connectivity index (χ4v) is 6.11. The Bertz CT molecular complexity index is 1490. The molecule has 0 unspecified atom stereocenters. The number of benzene rings is 2. The summed E-state index contributed by atoms with van der Waals surface area (Å²) in [6.07, 6.45) is 4.06. The molecule has 202 valence electrons. The Morgan fingerprint density at radius 3 is 2.64 bits per heavy atom. The van der Waals surface area contributed by atoms with Gasteiger partial charge in [-0.1, -0.05) is 23.7 Å². The average Bonchev–Trinajstić information content (AvgIpc) is 3.23. The molecule has 1 aromatic heterocycles. The van der Waals surface area contributed by atoms with E-state index in [4.69, 9.17) is 28.6 Å². The van der Waals surface area contributed by atoms with Gasteiger partial charge in [0.1, 0.15) is 5.75 Å². The molecule has 0 aliphatic carbocycles. The molecule has 3 heterocycles. The maximum atomic E-state index is 11.9. The molecule has 7 nitrogen and oxygen atoms in total. The van der Waals surface area contributed by atoms with Crippen molar-refractivity contribution >= 4 is 57.5 Å². The molecule has 1 amide bonds. The van der Waals surface area contributed by atoms with Crippen LogP contribution in [0.15, 0.2) is 60.8 Å². The van der Waals surface area contributed by atoms with Crippen LogP contribution in [0.25, 0.3) is 5.57 Å². The number of thiocarbonyl (C=S) groups is 1. The molecule has 2 aliphatic rings. The molecule has 0 spiro atoms. The number of carbonyl (C=O) groups excluding carboxylic acids is 1. The summed E-state index contributed by atoms with van der Waals surface area (Å²) < 4.78 is 5.49. The number of hydrogen-bond acceptors (Lipinski definition) is 5. The number of likely N-dealkylation sites (N-methyl/N-ethyl adjacent to an activating group) is 1. The summed E-state index contributed by atoms with van der Waals surface area (Å²) in [4.78, 5) is 20.9. The number of allylic oxidation sites excluding steroid dienone is 1. The monoisotopic (exact) mass is 561 g/mol. The number of carbonyl (C=O) groups is 1. The number of ether oxygens (including phenoxy) is 1. The summed E-state index contributed by atoms with van der Waals surface area (Å²) in [6.45, 7) is 7.99. The van der Waals surface area contributed by atoms with Gasteiger partial charge in [0.15, 0.2) is 5.11 Å². The first-order valence-corrected chi connectivity index (χ1v) is 13.5. The fourth-order valence-electron chi connectivity index (χ4n) is 5.50. The molecule has 0 bridgehead atoms. The number of rotatable bonds is 5. The highest BCUT2D eigenvalue weighted by molar-refractivity contribution is 7.80. The third kappa shape index (κ3) is 4.83. The van der Waals surface area contributed by atoms with Crippen LogP contribution in [-0.4, -0.2) is 35.7 Å². The van der Waals surface area contributed by atoms with E-state index in [1.165, 1.54) is 12.5 Å². The van der Waals surface area contributed by atoms with E-state index >= 15 is 0 Å². The standard InChI is InChI=1S/C30H32ClN5O2S/c1-17-16-30(3,4)35(5)25-15-22(31)21(14-20(17)25)28-27(23-9-7-8-12-32-23)34-29(39)36(28)19-10-11-26(38-6)24(13-19)33-18(2)37/h7-16,27-28H,1-6H3,(H,33,37)(H,34,39)/t27-,28+/m0/s1. The molecular weight excluding hydrogens is 530 g/mol. The van der Waals surface area contributed by atoms with Crippen molar-refractivity contribution in [2.75, 3.05) is 29.3 Å². The number of methoxy groups -OCH3 is 1. The van der Waals surface area contributed by atoms with Crippen LogP contribution in [0.3, 0.4) is 0 Å². The van der Waals surface area contributed by atoms with Crippen molar-refractivity contribution in [1.29, 1.82) is 0 Å². The third-order valence-electron chi connectivity index (χ3n) is 7.52. The molecule has 2 aliphatic heterocycles. The van der Waals surface area contributed by atoms with Gasteiger partial charge in [0.05, 0.1) is 36.1 Å². The van der Waals surface area contributed by atoms with Crippen molar-refractivity contribution in [3.8, 4) is 5.75 Å². The van der Waals surface area contributed by atoms with Crippen LogP contribution in [0.4, 0.5) is 17.1 Å². The molecule has 1 fully saturated rings. The van der Waals surface area contributed by atoms with E-state index in [9.17, 15) is 4.79 Å². The van der Waals surface area contributed by atoms with Crippen LogP contribution < -0.4 is 25.2 Å². The maximum Gasteiger partial charge on any atom is 0.221 e. The van der Waals surface area contributed by atoms with Gasteiger partial charge in [0.25, 0.3) is 0 Å². The molecule has 5 rings (SSSR count). The highest BCUT2D eigenvalue weighted by Crippen LogP contribution is 2.48. The Morgan fingerprint density at radius 2 is 1.97 bits per heavy atom. The van der Waals surface area contributed by atoms with Crippen molar-refractivity contribution in [2.24, 2.45) is 0 Å². The minimum atomic E-state index is -0.309. The van der Waals surface area contributed by atoms with Gasteiger partial charge < -0.3 is 25.2 Å². The van der Waals surface area contributed by atoms with E-state index in [0.29, 0.717) is 21.6 Å². The first kappa shape index (κ1) is 27.0. The van der Waals surface area contributed by atoms with Crippen LogP contribution in [0.5, 0.6) is 5.75 Å². The number of nitrogens with zero attached hydrogens (tertiary/aromatic N) is 3. The number of pyridine rings is 1. The van der Waals surface area contributed by atoms with Gasteiger partial charge in [-0.25, -0.2) is 0 Å². The number of nitrogens with one attached hydrogen (secondary N) is 2. The van der Waals surface area contributed by atoms with E-state index < -0.39 is 0 Å². The first-order valence-electron chi connectivity index (χ1n) is 12.7. The van der Waals surface area contributed by atoms with Gasteiger partial charge in [-0.05, 0) is 86.6 Å². The Hall–Kier alpha value is -3.62. The lowest BCUT2D eigenvalue weighted by atomic mass is 9.86. The lowest BCUT2D eigenvalue weighted by Gasteiger charge is -2.41. The fraction of sp³-hybridized carbons (Fsp3) is 0.300. The van der Waals surface area contributed by atoms with E-state index in [2.05, 4.69) is 66.5 Å². The number of hydrogen-bond donors (Lipinski definition) is 2. The van der Waals surface area contributed by atoms with Crippen molar-refractivity contribution < 1.29 is 9.53 Å². The topological polar surface area (TPSA) is 69.7 Å². The molecule has 9 heteroatoms. The average molecular weight is 562 g/mol. The minimum absolute atomic E-state index is 0.135. The Kier molecular flexibility index (Phi) is 7.03. The highest BCUT2D eigenvalue weighted by Gasteiger charge is 2.43. The van der Waals surface area contributed by atoms with Gasteiger partial charge in [0, 0.05) is 42.1 Å². The van der Waals surface area contributed by atoms with Gasteiger partial charge in [-0.3, -0.25) is 9.78 Å². The van der Waals surface area contributed by atoms with Crippen molar-refractivity contribution in [3.63, 3.8) is 0 Å².